The second kappa shape index (κ2) is 10.3. The highest BCUT2D eigenvalue weighted by Crippen LogP contribution is 2.30. The number of aromatic nitrogens is 3. The van der Waals surface area contributed by atoms with Crippen LogP contribution in [0.5, 0.6) is 0 Å². The normalized spacial score (nSPS) is 16.7. The molecule has 4 rings (SSSR count). The van der Waals surface area contributed by atoms with Crippen LogP contribution in [0.25, 0.3) is 11.3 Å². The Morgan fingerprint density at radius 3 is 2.81 bits per heavy atom. The van der Waals surface area contributed by atoms with Crippen LogP contribution in [0.15, 0.2) is 54.9 Å². The summed E-state index contributed by atoms with van der Waals surface area (Å²) in [6.07, 6.45) is 6.14. The summed E-state index contributed by atoms with van der Waals surface area (Å²) in [6.45, 7) is 3.42. The average molecular weight is 545 g/mol. The maximum Gasteiger partial charge on any atom is 0.235 e. The third-order valence-electron chi connectivity index (χ3n) is 5.49. The smallest absolute Gasteiger partial charge is 0.235 e. The predicted octanol–water partition coefficient (Wildman–Crippen LogP) is 5.34. The van der Waals surface area contributed by atoms with Crippen LogP contribution in [0, 0.1) is 5.82 Å². The number of pyridine rings is 1. The summed E-state index contributed by atoms with van der Waals surface area (Å²) >= 11 is 2.24. The van der Waals surface area contributed by atoms with Gasteiger partial charge in [-0.2, -0.15) is 0 Å². The van der Waals surface area contributed by atoms with Gasteiger partial charge in [0.1, 0.15) is 17.5 Å². The summed E-state index contributed by atoms with van der Waals surface area (Å²) in [6, 6.07) is 11.9. The molecule has 1 saturated heterocycles. The number of nitrogens with one attached hydrogen (secondary N) is 1. The molecule has 1 aromatic carbocycles. The molecule has 3 aromatic rings. The van der Waals surface area contributed by atoms with Gasteiger partial charge in [0.25, 0.3) is 0 Å². The number of nitrogens with zero attached hydrogens (tertiary/aromatic N) is 4. The molecule has 2 unspecified atom stereocenters. The van der Waals surface area contributed by atoms with Crippen molar-refractivity contribution in [2.24, 2.45) is 0 Å². The van der Waals surface area contributed by atoms with E-state index in [9.17, 15) is 9.18 Å². The molecule has 2 atom stereocenters. The van der Waals surface area contributed by atoms with Crippen LogP contribution in [-0.2, 0) is 4.79 Å². The first-order chi connectivity index (χ1) is 15.5. The van der Waals surface area contributed by atoms with Gasteiger partial charge in [-0.05, 0) is 43.2 Å². The second-order valence-electron chi connectivity index (χ2n) is 7.89. The van der Waals surface area contributed by atoms with Crippen LogP contribution in [0.4, 0.5) is 15.9 Å². The maximum absolute atomic E-state index is 13.7. The topological polar surface area (TPSA) is 71.0 Å². The third-order valence-corrected chi connectivity index (χ3v) is 6.65. The zero-order valence-corrected chi connectivity index (χ0v) is 20.0. The lowest BCUT2D eigenvalue weighted by Gasteiger charge is -2.20. The van der Waals surface area contributed by atoms with Crippen LogP contribution >= 0.6 is 22.6 Å². The van der Waals surface area contributed by atoms with Gasteiger partial charge in [0, 0.05) is 48.7 Å². The lowest BCUT2D eigenvalue weighted by molar-refractivity contribution is -0.129. The number of hydrogen-bond acceptors (Lipinski definition) is 5. The molecule has 3 heterocycles. The van der Waals surface area contributed by atoms with Crippen molar-refractivity contribution in [2.75, 3.05) is 18.4 Å². The molecule has 0 spiro atoms. The number of anilines is 2. The molecular weight excluding hydrogens is 520 g/mol. The molecule has 1 fully saturated rings. The van der Waals surface area contributed by atoms with Crippen molar-refractivity contribution in [3.05, 3.63) is 66.5 Å². The van der Waals surface area contributed by atoms with Gasteiger partial charge in [0.15, 0.2) is 0 Å². The molecule has 2 aromatic heterocycles. The lowest BCUT2D eigenvalue weighted by Crippen LogP contribution is -2.34. The largest absolute Gasteiger partial charge is 0.341 e. The summed E-state index contributed by atoms with van der Waals surface area (Å²) in [5, 5.41) is 3.20. The molecule has 8 heteroatoms. The van der Waals surface area contributed by atoms with E-state index in [2.05, 4.69) is 39.8 Å². The number of amides is 1. The van der Waals surface area contributed by atoms with E-state index in [0.717, 1.165) is 30.5 Å². The van der Waals surface area contributed by atoms with Crippen molar-refractivity contribution in [1.29, 1.82) is 0 Å². The Balaban J connectivity index is 1.62. The van der Waals surface area contributed by atoms with Gasteiger partial charge in [-0.3, -0.25) is 9.78 Å². The molecule has 1 aliphatic rings. The zero-order chi connectivity index (χ0) is 22.5. The van der Waals surface area contributed by atoms with Gasteiger partial charge in [-0.1, -0.05) is 42.0 Å². The molecular formula is C24H25FIN5O. The van der Waals surface area contributed by atoms with Crippen LogP contribution in [0.3, 0.4) is 0 Å². The van der Waals surface area contributed by atoms with Crippen LogP contribution in [0.2, 0.25) is 0 Å². The Bertz CT molecular complexity index is 1080. The van der Waals surface area contributed by atoms with E-state index in [1.165, 1.54) is 12.1 Å². The zero-order valence-electron chi connectivity index (χ0n) is 17.8. The predicted molar refractivity (Wildman–Crippen MR) is 132 cm³/mol. The minimum Gasteiger partial charge on any atom is -0.341 e. The van der Waals surface area contributed by atoms with Crippen molar-refractivity contribution >= 4 is 40.0 Å². The van der Waals surface area contributed by atoms with Crippen LogP contribution in [0.1, 0.15) is 37.9 Å². The van der Waals surface area contributed by atoms with E-state index in [0.29, 0.717) is 30.4 Å². The van der Waals surface area contributed by atoms with Gasteiger partial charge in [0.2, 0.25) is 5.91 Å². The molecule has 0 radical (unpaired) electrons. The number of likely N-dealkylation sites (tertiary alicyclic amines) is 1. The van der Waals surface area contributed by atoms with E-state index in [-0.39, 0.29) is 21.6 Å². The summed E-state index contributed by atoms with van der Waals surface area (Å²) in [4.78, 5) is 28.3. The second-order valence-corrected chi connectivity index (χ2v) is 9.40. The molecule has 166 valence electrons. The number of rotatable bonds is 7. The highest BCUT2D eigenvalue weighted by Gasteiger charge is 2.32. The quantitative estimate of drug-likeness (QED) is 0.321. The van der Waals surface area contributed by atoms with E-state index in [4.69, 9.17) is 9.97 Å². The summed E-state index contributed by atoms with van der Waals surface area (Å²) < 4.78 is 13.7. The molecule has 0 bridgehead atoms. The molecule has 32 heavy (non-hydrogen) atoms. The number of halogens is 2. The summed E-state index contributed by atoms with van der Waals surface area (Å²) in [7, 11) is 0. The fourth-order valence-electron chi connectivity index (χ4n) is 3.84. The van der Waals surface area contributed by atoms with Gasteiger partial charge >= 0.3 is 0 Å². The molecule has 6 nitrogen and oxygen atoms in total. The minimum atomic E-state index is -0.316. The fraction of sp³-hybridized carbons (Fsp3) is 0.333. The summed E-state index contributed by atoms with van der Waals surface area (Å²) in [5.41, 5.74) is 2.30. The van der Waals surface area contributed by atoms with Gasteiger partial charge in [-0.25, -0.2) is 14.4 Å². The monoisotopic (exact) mass is 545 g/mol. The van der Waals surface area contributed by atoms with Crippen molar-refractivity contribution in [1.82, 2.24) is 19.9 Å². The van der Waals surface area contributed by atoms with E-state index < -0.39 is 0 Å². The molecule has 0 saturated carbocycles. The standard InChI is InChI=1S/C24H25FIN5O/c1-2-4-20(26)24(32)31-12-9-17(15-31)23-29-21(16-7-10-27-11-8-16)14-22(30-23)28-19-6-3-5-18(25)13-19/h3,5-8,10-11,13-14,17,20H,2,4,9,12,15H2,1H3,(H,28,29,30). The molecule has 1 aliphatic heterocycles. The number of hydrogen-bond donors (Lipinski definition) is 1. The Hall–Kier alpha value is -2.62. The average Bonchev–Trinajstić information content (AvgIpc) is 3.29. The fourth-order valence-corrected chi connectivity index (χ4v) is 4.86. The Kier molecular flexibility index (Phi) is 7.29. The Labute approximate surface area is 200 Å². The Morgan fingerprint density at radius 2 is 2.06 bits per heavy atom. The number of alkyl halides is 1. The third kappa shape index (κ3) is 5.40. The van der Waals surface area contributed by atoms with Crippen molar-refractivity contribution < 1.29 is 9.18 Å². The first-order valence-corrected chi connectivity index (χ1v) is 12.0. The number of benzene rings is 1. The van der Waals surface area contributed by atoms with Gasteiger partial charge < -0.3 is 10.2 Å². The highest BCUT2D eigenvalue weighted by molar-refractivity contribution is 14.1. The van der Waals surface area contributed by atoms with E-state index in [1.54, 1.807) is 24.5 Å². The van der Waals surface area contributed by atoms with E-state index >= 15 is 0 Å². The minimum absolute atomic E-state index is 0.00521. The van der Waals surface area contributed by atoms with E-state index in [1.807, 2.05) is 23.1 Å². The van der Waals surface area contributed by atoms with Crippen molar-refractivity contribution in [3.8, 4) is 11.3 Å². The highest BCUT2D eigenvalue weighted by atomic mass is 127. The van der Waals surface area contributed by atoms with Gasteiger partial charge in [-0.15, -0.1) is 0 Å². The Morgan fingerprint density at radius 1 is 1.25 bits per heavy atom. The SMILES string of the molecule is CCCC(I)C(=O)N1CCC(c2nc(Nc3cccc(F)c3)cc(-c3ccncc3)n2)C1. The number of carbonyl (C=O) groups is 1. The molecule has 1 amide bonds. The van der Waals surface area contributed by atoms with Crippen LogP contribution in [-0.4, -0.2) is 42.8 Å². The van der Waals surface area contributed by atoms with Crippen LogP contribution < -0.4 is 5.32 Å². The first kappa shape index (κ1) is 22.6. The first-order valence-electron chi connectivity index (χ1n) is 10.8. The molecule has 0 aliphatic carbocycles. The lowest BCUT2D eigenvalue weighted by atomic mass is 10.1. The maximum atomic E-state index is 13.7. The number of carbonyl (C=O) groups excluding carboxylic acids is 1. The van der Waals surface area contributed by atoms with Crippen molar-refractivity contribution in [3.63, 3.8) is 0 Å². The molecule has 1 N–H and O–H groups in total. The van der Waals surface area contributed by atoms with Gasteiger partial charge in [0.05, 0.1) is 9.62 Å². The summed E-state index contributed by atoms with van der Waals surface area (Å²) in [5.74, 6) is 1.21. The van der Waals surface area contributed by atoms with Crippen molar-refractivity contribution in [2.45, 2.75) is 36.0 Å².